The molecular formula is C26H26ClF3N2O3S. The van der Waals surface area contributed by atoms with E-state index in [4.69, 9.17) is 11.6 Å². The normalized spacial score (nSPS) is 12.8. The number of nitrogens with zero attached hydrogens (tertiary/aromatic N) is 1. The van der Waals surface area contributed by atoms with E-state index in [1.54, 1.807) is 26.0 Å². The summed E-state index contributed by atoms with van der Waals surface area (Å²) in [5, 5.41) is 2.18. The maximum atomic E-state index is 13.5. The summed E-state index contributed by atoms with van der Waals surface area (Å²) in [6.07, 6.45) is -4.81. The van der Waals surface area contributed by atoms with E-state index in [9.17, 15) is 26.4 Å². The van der Waals surface area contributed by atoms with Gasteiger partial charge in [0.2, 0.25) is 5.91 Å². The maximum Gasteiger partial charge on any atom is 0.417 e. The van der Waals surface area contributed by atoms with E-state index >= 15 is 0 Å². The summed E-state index contributed by atoms with van der Waals surface area (Å²) < 4.78 is 68.2. The monoisotopic (exact) mass is 538 g/mol. The molecule has 1 amide bonds. The number of rotatable bonds is 7. The third kappa shape index (κ3) is 6.20. The molecule has 0 saturated heterocycles. The molecule has 0 aliphatic rings. The zero-order valence-corrected chi connectivity index (χ0v) is 21.7. The number of sulfonamides is 1. The van der Waals surface area contributed by atoms with E-state index in [0.29, 0.717) is 10.4 Å². The minimum Gasteiger partial charge on any atom is -0.348 e. The summed E-state index contributed by atoms with van der Waals surface area (Å²) in [4.78, 5) is 12.8. The minimum absolute atomic E-state index is 0.160. The van der Waals surface area contributed by atoms with Crippen molar-refractivity contribution in [2.75, 3.05) is 10.8 Å². The van der Waals surface area contributed by atoms with Gasteiger partial charge in [-0.2, -0.15) is 13.2 Å². The number of carbonyl (C=O) groups is 1. The van der Waals surface area contributed by atoms with Gasteiger partial charge in [-0.05, 0) is 69.2 Å². The van der Waals surface area contributed by atoms with Crippen molar-refractivity contribution in [3.8, 4) is 0 Å². The van der Waals surface area contributed by atoms with E-state index < -0.39 is 45.3 Å². The first kappa shape index (κ1) is 27.5. The van der Waals surface area contributed by atoms with Crippen molar-refractivity contribution in [1.29, 1.82) is 0 Å². The van der Waals surface area contributed by atoms with Crippen molar-refractivity contribution < 1.29 is 26.4 Å². The Hall–Kier alpha value is -3.04. The smallest absolute Gasteiger partial charge is 0.348 e. The van der Waals surface area contributed by atoms with Crippen LogP contribution in [0.4, 0.5) is 18.9 Å². The van der Waals surface area contributed by atoms with Crippen LogP contribution in [0.3, 0.4) is 0 Å². The highest BCUT2D eigenvalue weighted by molar-refractivity contribution is 7.92. The molecule has 3 rings (SSSR count). The number of alkyl halides is 3. The number of aryl methyl sites for hydroxylation is 3. The second-order valence-corrected chi connectivity index (χ2v) is 10.9. The predicted molar refractivity (Wildman–Crippen MR) is 135 cm³/mol. The molecule has 3 aromatic carbocycles. The average molecular weight is 539 g/mol. The first-order valence-corrected chi connectivity index (χ1v) is 12.8. The molecule has 1 unspecified atom stereocenters. The highest BCUT2D eigenvalue weighted by Crippen LogP contribution is 2.38. The molecule has 0 aliphatic carbocycles. The van der Waals surface area contributed by atoms with Crippen molar-refractivity contribution in [2.24, 2.45) is 0 Å². The van der Waals surface area contributed by atoms with Crippen molar-refractivity contribution in [3.63, 3.8) is 0 Å². The molecule has 1 N–H and O–H groups in total. The van der Waals surface area contributed by atoms with Gasteiger partial charge in [-0.3, -0.25) is 9.10 Å². The van der Waals surface area contributed by atoms with Crippen LogP contribution < -0.4 is 9.62 Å². The quantitative estimate of drug-likeness (QED) is 0.381. The molecule has 0 bridgehead atoms. The van der Waals surface area contributed by atoms with Gasteiger partial charge in [0.1, 0.15) is 6.54 Å². The topological polar surface area (TPSA) is 66.5 Å². The van der Waals surface area contributed by atoms with Gasteiger partial charge in [0, 0.05) is 0 Å². The Morgan fingerprint density at radius 2 is 1.58 bits per heavy atom. The first-order chi connectivity index (χ1) is 16.7. The van der Waals surface area contributed by atoms with Crippen molar-refractivity contribution in [1.82, 2.24) is 5.32 Å². The Morgan fingerprint density at radius 3 is 2.17 bits per heavy atom. The van der Waals surface area contributed by atoms with Gasteiger partial charge < -0.3 is 5.32 Å². The molecule has 1 atom stereocenters. The van der Waals surface area contributed by atoms with Crippen LogP contribution >= 0.6 is 11.6 Å². The summed E-state index contributed by atoms with van der Waals surface area (Å²) in [5.74, 6) is -0.679. The van der Waals surface area contributed by atoms with E-state index in [0.717, 1.165) is 34.4 Å². The zero-order chi connectivity index (χ0) is 26.8. The van der Waals surface area contributed by atoms with Crippen molar-refractivity contribution >= 4 is 33.2 Å². The van der Waals surface area contributed by atoms with Crippen LogP contribution in [0.15, 0.2) is 65.6 Å². The summed E-state index contributed by atoms with van der Waals surface area (Å²) in [6.45, 7) is 6.62. The molecule has 0 fully saturated rings. The molecule has 36 heavy (non-hydrogen) atoms. The Labute approximate surface area is 213 Å². The summed E-state index contributed by atoms with van der Waals surface area (Å²) in [7, 11) is -4.39. The third-order valence-corrected chi connectivity index (χ3v) is 7.83. The average Bonchev–Trinajstić information content (AvgIpc) is 2.77. The number of hydrogen-bond acceptors (Lipinski definition) is 3. The molecule has 3 aromatic rings. The van der Waals surface area contributed by atoms with Crippen LogP contribution in [0.5, 0.6) is 0 Å². The molecular weight excluding hydrogens is 513 g/mol. The summed E-state index contributed by atoms with van der Waals surface area (Å²) in [6, 6.07) is 13.8. The van der Waals surface area contributed by atoms with E-state index in [1.807, 2.05) is 32.0 Å². The molecule has 0 aliphatic heterocycles. The maximum absolute atomic E-state index is 13.5. The predicted octanol–water partition coefficient (Wildman–Crippen LogP) is 6.36. The lowest BCUT2D eigenvalue weighted by molar-refractivity contribution is -0.137. The fourth-order valence-electron chi connectivity index (χ4n) is 3.84. The van der Waals surface area contributed by atoms with Gasteiger partial charge in [-0.25, -0.2) is 8.42 Å². The van der Waals surface area contributed by atoms with Crippen LogP contribution in [-0.4, -0.2) is 20.9 Å². The van der Waals surface area contributed by atoms with Crippen LogP contribution in [0.1, 0.15) is 40.8 Å². The zero-order valence-electron chi connectivity index (χ0n) is 20.2. The number of halogens is 4. The summed E-state index contributed by atoms with van der Waals surface area (Å²) in [5.41, 5.74) is 2.10. The Morgan fingerprint density at radius 1 is 0.972 bits per heavy atom. The van der Waals surface area contributed by atoms with Crippen LogP contribution in [-0.2, 0) is 21.0 Å². The largest absolute Gasteiger partial charge is 0.417 e. The Kier molecular flexibility index (Phi) is 8.05. The van der Waals surface area contributed by atoms with Crippen molar-refractivity contribution in [2.45, 2.75) is 44.8 Å². The number of benzene rings is 3. The standard InChI is InChI=1S/C26H26ClF3N2O3S/c1-16-5-9-21(10-6-16)36(34,35)32(20-8-12-24(27)23(14-20)26(28,29)30)15-25(33)31-19(4)22-11-7-17(2)13-18(22)3/h5-14,19H,15H2,1-4H3,(H,31,33). The van der Waals surface area contributed by atoms with E-state index in [1.165, 1.54) is 12.1 Å². The molecule has 0 heterocycles. The van der Waals surface area contributed by atoms with Crippen LogP contribution in [0.2, 0.25) is 5.02 Å². The molecule has 192 valence electrons. The van der Waals surface area contributed by atoms with Crippen LogP contribution in [0.25, 0.3) is 0 Å². The highest BCUT2D eigenvalue weighted by Gasteiger charge is 2.35. The second kappa shape index (κ2) is 10.5. The van der Waals surface area contributed by atoms with Gasteiger partial charge in [0.25, 0.3) is 10.0 Å². The molecule has 0 spiro atoms. The third-order valence-electron chi connectivity index (χ3n) is 5.71. The number of nitrogens with one attached hydrogen (secondary N) is 1. The molecule has 10 heteroatoms. The Bertz CT molecular complexity index is 1370. The van der Waals surface area contributed by atoms with Crippen molar-refractivity contribution in [3.05, 3.63) is 93.5 Å². The van der Waals surface area contributed by atoms with Gasteiger partial charge in [-0.1, -0.05) is 53.1 Å². The van der Waals surface area contributed by atoms with Gasteiger partial charge in [0.15, 0.2) is 0 Å². The number of carbonyl (C=O) groups excluding carboxylic acids is 1. The lowest BCUT2D eigenvalue weighted by Crippen LogP contribution is -2.41. The number of hydrogen-bond donors (Lipinski definition) is 1. The lowest BCUT2D eigenvalue weighted by atomic mass is 10.0. The number of amides is 1. The van der Waals surface area contributed by atoms with E-state index in [2.05, 4.69) is 5.32 Å². The summed E-state index contributed by atoms with van der Waals surface area (Å²) >= 11 is 5.74. The molecule has 0 aromatic heterocycles. The minimum atomic E-state index is -4.81. The SMILES string of the molecule is Cc1ccc(S(=O)(=O)N(CC(=O)NC(C)c2ccc(C)cc2C)c2ccc(Cl)c(C(F)(F)F)c2)cc1. The first-order valence-electron chi connectivity index (χ1n) is 11.0. The fraction of sp³-hybridized carbons (Fsp3) is 0.269. The Balaban J connectivity index is 2.00. The van der Waals surface area contributed by atoms with Gasteiger partial charge in [-0.15, -0.1) is 0 Å². The second-order valence-electron chi connectivity index (χ2n) is 8.64. The van der Waals surface area contributed by atoms with Crippen LogP contribution in [0, 0.1) is 20.8 Å². The molecule has 0 saturated carbocycles. The van der Waals surface area contributed by atoms with E-state index in [-0.39, 0.29) is 10.6 Å². The fourth-order valence-corrected chi connectivity index (χ4v) is 5.48. The van der Waals surface area contributed by atoms with Gasteiger partial charge >= 0.3 is 6.18 Å². The number of anilines is 1. The highest BCUT2D eigenvalue weighted by atomic mass is 35.5. The lowest BCUT2D eigenvalue weighted by Gasteiger charge is -2.26. The van der Waals surface area contributed by atoms with Gasteiger partial charge in [0.05, 0.1) is 27.2 Å². The molecule has 0 radical (unpaired) electrons. The molecule has 5 nitrogen and oxygen atoms in total.